The van der Waals surface area contributed by atoms with Crippen molar-refractivity contribution < 1.29 is 9.90 Å². The van der Waals surface area contributed by atoms with Crippen molar-refractivity contribution in [2.24, 2.45) is 11.8 Å². The van der Waals surface area contributed by atoms with Crippen LogP contribution in [0.4, 0.5) is 0 Å². The molecular weight excluding hydrogens is 348 g/mol. The van der Waals surface area contributed by atoms with E-state index < -0.39 is 0 Å². The van der Waals surface area contributed by atoms with Crippen molar-refractivity contribution in [3.05, 3.63) is 41.2 Å². The molecule has 1 aromatic heterocycles. The molecule has 1 fully saturated rings. The number of aromatic nitrogens is 2. The Morgan fingerprint density at radius 1 is 1.25 bits per heavy atom. The summed E-state index contributed by atoms with van der Waals surface area (Å²) in [6, 6.07) is 8.68. The van der Waals surface area contributed by atoms with Crippen LogP contribution >= 0.6 is 0 Å². The van der Waals surface area contributed by atoms with E-state index in [2.05, 4.69) is 56.5 Å². The smallest absolute Gasteiger partial charge is 0.140 e. The van der Waals surface area contributed by atoms with Crippen molar-refractivity contribution in [3.63, 3.8) is 0 Å². The SMILES string of the molecule is CC(C)c1ccc(-c2nc3c(n2CCO)CC[C@@H]2[C@@H](C)C(=O)CC[C@@]32C)cc1. The van der Waals surface area contributed by atoms with E-state index in [1.165, 1.54) is 17.0 Å². The Balaban J connectivity index is 1.81. The minimum atomic E-state index is -0.0474. The number of Topliss-reactive ketones (excluding diaryl/α,β-unsaturated/α-hetero) is 1. The van der Waals surface area contributed by atoms with Crippen LogP contribution in [0.25, 0.3) is 11.4 Å². The molecule has 3 atom stereocenters. The Bertz CT molecular complexity index is 881. The number of hydrogen-bond acceptors (Lipinski definition) is 3. The molecule has 4 nitrogen and oxygen atoms in total. The molecule has 4 heteroatoms. The zero-order valence-electron chi connectivity index (χ0n) is 17.5. The monoisotopic (exact) mass is 380 g/mol. The van der Waals surface area contributed by atoms with Crippen LogP contribution in [0.3, 0.4) is 0 Å². The normalized spacial score (nSPS) is 27.0. The van der Waals surface area contributed by atoms with Gasteiger partial charge in [0.2, 0.25) is 0 Å². The number of nitrogens with zero attached hydrogens (tertiary/aromatic N) is 2. The summed E-state index contributed by atoms with van der Waals surface area (Å²) in [5.74, 6) is 2.35. The number of fused-ring (bicyclic) bond motifs is 3. The minimum Gasteiger partial charge on any atom is -0.395 e. The van der Waals surface area contributed by atoms with E-state index in [0.29, 0.717) is 30.6 Å². The number of imidazole rings is 1. The maximum atomic E-state index is 12.3. The summed E-state index contributed by atoms with van der Waals surface area (Å²) in [6.45, 7) is 9.49. The molecule has 0 radical (unpaired) electrons. The van der Waals surface area contributed by atoms with Crippen LogP contribution in [0.5, 0.6) is 0 Å². The molecule has 0 bridgehead atoms. The average Bonchev–Trinajstić information content (AvgIpc) is 3.05. The van der Waals surface area contributed by atoms with Gasteiger partial charge in [0.1, 0.15) is 11.6 Å². The van der Waals surface area contributed by atoms with E-state index in [9.17, 15) is 9.90 Å². The van der Waals surface area contributed by atoms with Gasteiger partial charge in [-0.1, -0.05) is 52.0 Å². The quantitative estimate of drug-likeness (QED) is 0.850. The molecular formula is C24H32N2O2. The van der Waals surface area contributed by atoms with Crippen molar-refractivity contribution in [2.45, 2.75) is 71.3 Å². The third-order valence-corrected chi connectivity index (χ3v) is 7.29. The van der Waals surface area contributed by atoms with E-state index in [1.807, 2.05) is 0 Å². The maximum absolute atomic E-state index is 12.3. The highest BCUT2D eigenvalue weighted by atomic mass is 16.3. The van der Waals surface area contributed by atoms with Gasteiger partial charge in [-0.05, 0) is 36.7 Å². The fourth-order valence-electron chi connectivity index (χ4n) is 5.50. The first-order valence-electron chi connectivity index (χ1n) is 10.7. The molecule has 0 saturated heterocycles. The predicted molar refractivity (Wildman–Crippen MR) is 111 cm³/mol. The number of carbonyl (C=O) groups is 1. The Hall–Kier alpha value is -1.94. The van der Waals surface area contributed by atoms with Gasteiger partial charge in [0.25, 0.3) is 0 Å². The summed E-state index contributed by atoms with van der Waals surface area (Å²) in [5, 5.41) is 9.71. The second kappa shape index (κ2) is 7.14. The first-order chi connectivity index (χ1) is 13.4. The average molecular weight is 381 g/mol. The third kappa shape index (κ3) is 2.93. The van der Waals surface area contributed by atoms with Gasteiger partial charge in [-0.2, -0.15) is 0 Å². The molecule has 1 aromatic carbocycles. The zero-order chi connectivity index (χ0) is 20.1. The summed E-state index contributed by atoms with van der Waals surface area (Å²) >= 11 is 0. The van der Waals surface area contributed by atoms with Crippen LogP contribution in [-0.2, 0) is 23.2 Å². The Morgan fingerprint density at radius 2 is 1.96 bits per heavy atom. The first-order valence-corrected chi connectivity index (χ1v) is 10.7. The summed E-state index contributed by atoms with van der Waals surface area (Å²) in [6.07, 6.45) is 3.50. The Labute approximate surface area is 168 Å². The van der Waals surface area contributed by atoms with Crippen molar-refractivity contribution in [2.75, 3.05) is 6.61 Å². The van der Waals surface area contributed by atoms with Crippen LogP contribution in [0.1, 0.15) is 69.8 Å². The lowest BCUT2D eigenvalue weighted by atomic mass is 9.57. The van der Waals surface area contributed by atoms with Crippen LogP contribution in [0, 0.1) is 11.8 Å². The molecule has 2 aliphatic rings. The Kier molecular flexibility index (Phi) is 4.95. The molecule has 0 aliphatic heterocycles. The van der Waals surface area contributed by atoms with Crippen LogP contribution in [0.2, 0.25) is 0 Å². The second-order valence-electron chi connectivity index (χ2n) is 9.20. The zero-order valence-corrected chi connectivity index (χ0v) is 17.5. The highest BCUT2D eigenvalue weighted by molar-refractivity contribution is 5.82. The largest absolute Gasteiger partial charge is 0.395 e. The number of aliphatic hydroxyl groups excluding tert-OH is 1. The number of rotatable bonds is 4. The lowest BCUT2D eigenvalue weighted by molar-refractivity contribution is -0.128. The highest BCUT2D eigenvalue weighted by Crippen LogP contribution is 2.51. The molecule has 2 aliphatic carbocycles. The fourth-order valence-corrected chi connectivity index (χ4v) is 5.50. The van der Waals surface area contributed by atoms with Gasteiger partial charge in [0.15, 0.2) is 0 Å². The molecule has 1 heterocycles. The van der Waals surface area contributed by atoms with Crippen LogP contribution in [0.15, 0.2) is 24.3 Å². The molecule has 0 unspecified atom stereocenters. The molecule has 2 aromatic rings. The van der Waals surface area contributed by atoms with Crippen molar-refractivity contribution in [1.29, 1.82) is 0 Å². The van der Waals surface area contributed by atoms with Gasteiger partial charge in [0.05, 0.1) is 12.3 Å². The molecule has 1 N–H and O–H groups in total. The number of benzene rings is 1. The highest BCUT2D eigenvalue weighted by Gasteiger charge is 2.50. The van der Waals surface area contributed by atoms with Gasteiger partial charge >= 0.3 is 0 Å². The topological polar surface area (TPSA) is 55.1 Å². The fraction of sp³-hybridized carbons (Fsp3) is 0.583. The second-order valence-corrected chi connectivity index (χ2v) is 9.20. The molecule has 1 saturated carbocycles. The van der Waals surface area contributed by atoms with Gasteiger partial charge in [-0.15, -0.1) is 0 Å². The van der Waals surface area contributed by atoms with Gasteiger partial charge in [-0.3, -0.25) is 4.79 Å². The Morgan fingerprint density at radius 3 is 2.61 bits per heavy atom. The summed E-state index contributed by atoms with van der Waals surface area (Å²) < 4.78 is 2.22. The van der Waals surface area contributed by atoms with Crippen molar-refractivity contribution in [3.8, 4) is 11.4 Å². The van der Waals surface area contributed by atoms with Crippen LogP contribution in [-0.4, -0.2) is 27.0 Å². The van der Waals surface area contributed by atoms with Crippen molar-refractivity contribution in [1.82, 2.24) is 9.55 Å². The standard InChI is InChI=1S/C24H32N2O2/c1-15(2)17-5-7-18(8-6-17)23-25-22-20(26(23)13-14-27)10-9-19-16(3)21(28)11-12-24(19,22)4/h5-8,15-16,19,27H,9-14H2,1-4H3/t16-,19-,24-/m1/s1. The number of aliphatic hydroxyl groups is 1. The van der Waals surface area contributed by atoms with Gasteiger partial charge in [0, 0.05) is 35.6 Å². The van der Waals surface area contributed by atoms with E-state index in [1.54, 1.807) is 0 Å². The summed E-state index contributed by atoms with van der Waals surface area (Å²) in [4.78, 5) is 17.5. The lowest BCUT2D eigenvalue weighted by Gasteiger charge is -2.46. The third-order valence-electron chi connectivity index (χ3n) is 7.29. The lowest BCUT2D eigenvalue weighted by Crippen LogP contribution is -2.47. The molecule has 150 valence electrons. The van der Waals surface area contributed by atoms with E-state index >= 15 is 0 Å². The first kappa shape index (κ1) is 19.4. The van der Waals surface area contributed by atoms with E-state index in [-0.39, 0.29) is 17.9 Å². The molecule has 4 rings (SSSR count). The molecule has 28 heavy (non-hydrogen) atoms. The number of ketones is 1. The van der Waals surface area contributed by atoms with Gasteiger partial charge < -0.3 is 9.67 Å². The summed E-state index contributed by atoms with van der Waals surface area (Å²) in [5.41, 5.74) is 4.80. The molecule has 0 spiro atoms. The van der Waals surface area contributed by atoms with Crippen molar-refractivity contribution >= 4 is 5.78 Å². The van der Waals surface area contributed by atoms with E-state index in [0.717, 1.165) is 30.7 Å². The number of hydrogen-bond donors (Lipinski definition) is 1. The van der Waals surface area contributed by atoms with Crippen LogP contribution < -0.4 is 0 Å². The van der Waals surface area contributed by atoms with E-state index in [4.69, 9.17) is 4.98 Å². The number of carbonyl (C=O) groups excluding carboxylic acids is 1. The molecule has 0 amide bonds. The van der Waals surface area contributed by atoms with Gasteiger partial charge in [-0.25, -0.2) is 4.98 Å². The maximum Gasteiger partial charge on any atom is 0.140 e. The minimum absolute atomic E-state index is 0.0474. The predicted octanol–water partition coefficient (Wildman–Crippen LogP) is 4.48. The summed E-state index contributed by atoms with van der Waals surface area (Å²) in [7, 11) is 0.